The molecule has 1 aliphatic rings. The van der Waals surface area contributed by atoms with Gasteiger partial charge < -0.3 is 10.6 Å². The predicted molar refractivity (Wildman–Crippen MR) is 61.0 cm³/mol. The molecule has 4 nitrogen and oxygen atoms in total. The number of piperidine rings is 1. The summed E-state index contributed by atoms with van der Waals surface area (Å²) in [7, 11) is 0. The fourth-order valence-electron chi connectivity index (χ4n) is 1.86. The van der Waals surface area contributed by atoms with Crippen molar-refractivity contribution in [2.75, 3.05) is 18.8 Å². The summed E-state index contributed by atoms with van der Waals surface area (Å²) in [5.74, 6) is 0.0985. The van der Waals surface area contributed by atoms with Gasteiger partial charge in [0.25, 0.3) is 5.91 Å². The maximum atomic E-state index is 12.1. The van der Waals surface area contributed by atoms with Gasteiger partial charge in [-0.1, -0.05) is 11.3 Å². The molecule has 0 radical (unpaired) electrons. The number of rotatable bonds is 1. The molecule has 0 aromatic carbocycles. The lowest BCUT2D eigenvalue weighted by Gasteiger charge is -2.26. The normalized spacial score (nSPS) is 16.7. The molecule has 1 amide bonds. The van der Waals surface area contributed by atoms with Gasteiger partial charge in [0, 0.05) is 13.1 Å². The number of aromatic nitrogens is 1. The highest BCUT2D eigenvalue weighted by molar-refractivity contribution is 7.17. The summed E-state index contributed by atoms with van der Waals surface area (Å²) in [4.78, 5) is 18.8. The minimum atomic E-state index is 0.0985. The second-order valence-electron chi connectivity index (χ2n) is 3.82. The SMILES string of the molecule is Cc1nc(N)sc1C(=O)N1CCCCC1. The van der Waals surface area contributed by atoms with Crippen molar-refractivity contribution < 1.29 is 4.79 Å². The zero-order valence-electron chi connectivity index (χ0n) is 8.82. The van der Waals surface area contributed by atoms with Gasteiger partial charge in [0.05, 0.1) is 5.69 Å². The van der Waals surface area contributed by atoms with Crippen molar-refractivity contribution in [1.29, 1.82) is 0 Å². The maximum absolute atomic E-state index is 12.1. The second-order valence-corrected chi connectivity index (χ2v) is 4.85. The van der Waals surface area contributed by atoms with E-state index in [1.54, 1.807) is 0 Å². The smallest absolute Gasteiger partial charge is 0.265 e. The van der Waals surface area contributed by atoms with Gasteiger partial charge in [0.2, 0.25) is 0 Å². The molecule has 1 aromatic heterocycles. The molecule has 2 heterocycles. The summed E-state index contributed by atoms with van der Waals surface area (Å²) in [6, 6.07) is 0. The molecule has 1 aliphatic heterocycles. The van der Waals surface area contributed by atoms with Gasteiger partial charge in [-0.25, -0.2) is 4.98 Å². The summed E-state index contributed by atoms with van der Waals surface area (Å²) >= 11 is 1.29. The molecule has 2 N–H and O–H groups in total. The van der Waals surface area contributed by atoms with Crippen LogP contribution >= 0.6 is 11.3 Å². The van der Waals surface area contributed by atoms with E-state index in [1.807, 2.05) is 11.8 Å². The van der Waals surface area contributed by atoms with E-state index in [0.717, 1.165) is 31.6 Å². The van der Waals surface area contributed by atoms with Crippen LogP contribution in [-0.4, -0.2) is 28.9 Å². The van der Waals surface area contributed by atoms with E-state index in [1.165, 1.54) is 17.8 Å². The van der Waals surface area contributed by atoms with Crippen molar-refractivity contribution in [3.05, 3.63) is 10.6 Å². The molecule has 0 saturated carbocycles. The van der Waals surface area contributed by atoms with Crippen molar-refractivity contribution in [3.8, 4) is 0 Å². The molecule has 2 rings (SSSR count). The molecule has 0 unspecified atom stereocenters. The highest BCUT2D eigenvalue weighted by Crippen LogP contribution is 2.22. The van der Waals surface area contributed by atoms with E-state index in [4.69, 9.17) is 5.73 Å². The molecule has 1 saturated heterocycles. The Morgan fingerprint density at radius 1 is 1.40 bits per heavy atom. The molecule has 15 heavy (non-hydrogen) atoms. The number of amides is 1. The lowest BCUT2D eigenvalue weighted by molar-refractivity contribution is 0.0728. The van der Waals surface area contributed by atoms with Crippen molar-refractivity contribution in [1.82, 2.24) is 9.88 Å². The van der Waals surface area contributed by atoms with Gasteiger partial charge in [-0.2, -0.15) is 0 Å². The third-order valence-electron chi connectivity index (χ3n) is 2.65. The summed E-state index contributed by atoms with van der Waals surface area (Å²) in [5.41, 5.74) is 6.34. The summed E-state index contributed by atoms with van der Waals surface area (Å²) in [6.07, 6.45) is 3.45. The Labute approximate surface area is 93.1 Å². The quantitative estimate of drug-likeness (QED) is 0.790. The first-order valence-corrected chi connectivity index (χ1v) is 6.02. The zero-order valence-corrected chi connectivity index (χ0v) is 9.64. The molecular formula is C10H15N3OS. The van der Waals surface area contributed by atoms with Crippen molar-refractivity contribution >= 4 is 22.4 Å². The van der Waals surface area contributed by atoms with Crippen LogP contribution in [0, 0.1) is 6.92 Å². The predicted octanol–water partition coefficient (Wildman–Crippen LogP) is 1.66. The molecule has 82 valence electrons. The highest BCUT2D eigenvalue weighted by Gasteiger charge is 2.22. The number of hydrogen-bond donors (Lipinski definition) is 1. The highest BCUT2D eigenvalue weighted by atomic mass is 32.1. The number of carbonyl (C=O) groups excluding carboxylic acids is 1. The molecule has 0 atom stereocenters. The van der Waals surface area contributed by atoms with Gasteiger partial charge >= 0.3 is 0 Å². The van der Waals surface area contributed by atoms with Crippen molar-refractivity contribution in [2.45, 2.75) is 26.2 Å². The number of likely N-dealkylation sites (tertiary alicyclic amines) is 1. The van der Waals surface area contributed by atoms with Gasteiger partial charge in [-0.05, 0) is 26.2 Å². The van der Waals surface area contributed by atoms with Crippen LogP contribution in [0.1, 0.15) is 34.6 Å². The van der Waals surface area contributed by atoms with Crippen LogP contribution in [0.4, 0.5) is 5.13 Å². The van der Waals surface area contributed by atoms with Crippen molar-refractivity contribution in [3.63, 3.8) is 0 Å². The molecule has 1 fully saturated rings. The third-order valence-corrected chi connectivity index (χ3v) is 3.63. The van der Waals surface area contributed by atoms with Gasteiger partial charge in [0.15, 0.2) is 5.13 Å². The second kappa shape index (κ2) is 4.18. The van der Waals surface area contributed by atoms with Crippen LogP contribution in [-0.2, 0) is 0 Å². The van der Waals surface area contributed by atoms with Crippen molar-refractivity contribution in [2.24, 2.45) is 0 Å². The first-order chi connectivity index (χ1) is 7.18. The Hall–Kier alpha value is -1.10. The van der Waals surface area contributed by atoms with Gasteiger partial charge in [-0.3, -0.25) is 4.79 Å². The Bertz CT molecular complexity index is 369. The van der Waals surface area contributed by atoms with E-state index < -0.39 is 0 Å². The molecule has 5 heteroatoms. The van der Waals surface area contributed by atoms with Gasteiger partial charge in [-0.15, -0.1) is 0 Å². The Balaban J connectivity index is 2.16. The lowest BCUT2D eigenvalue weighted by Crippen LogP contribution is -2.35. The van der Waals surface area contributed by atoms with Crippen LogP contribution in [0.25, 0.3) is 0 Å². The molecule has 0 bridgehead atoms. The third kappa shape index (κ3) is 2.12. The number of anilines is 1. The largest absolute Gasteiger partial charge is 0.375 e. The monoisotopic (exact) mass is 225 g/mol. The standard InChI is InChI=1S/C10H15N3OS/c1-7-8(15-10(11)12-7)9(14)13-5-3-2-4-6-13/h2-6H2,1H3,(H2,11,12). The van der Waals surface area contributed by atoms with E-state index in [2.05, 4.69) is 4.98 Å². The average Bonchev–Trinajstić information content (AvgIpc) is 2.58. The Morgan fingerprint density at radius 3 is 2.60 bits per heavy atom. The minimum Gasteiger partial charge on any atom is -0.375 e. The molecule has 0 spiro atoms. The number of nitrogens with two attached hydrogens (primary N) is 1. The molecule has 0 aliphatic carbocycles. The molecular weight excluding hydrogens is 210 g/mol. The molecule has 1 aromatic rings. The number of carbonyl (C=O) groups is 1. The average molecular weight is 225 g/mol. The summed E-state index contributed by atoms with van der Waals surface area (Å²) in [5, 5.41) is 0.479. The summed E-state index contributed by atoms with van der Waals surface area (Å²) in [6.45, 7) is 3.58. The first-order valence-electron chi connectivity index (χ1n) is 5.20. The fourth-order valence-corrected chi connectivity index (χ4v) is 2.66. The fraction of sp³-hybridized carbons (Fsp3) is 0.600. The zero-order chi connectivity index (χ0) is 10.8. The van der Waals surface area contributed by atoms with Crippen LogP contribution < -0.4 is 5.73 Å². The topological polar surface area (TPSA) is 59.2 Å². The Kier molecular flexibility index (Phi) is 2.90. The maximum Gasteiger partial charge on any atom is 0.265 e. The van der Waals surface area contributed by atoms with E-state index >= 15 is 0 Å². The van der Waals surface area contributed by atoms with E-state index in [-0.39, 0.29) is 5.91 Å². The van der Waals surface area contributed by atoms with E-state index in [0.29, 0.717) is 10.0 Å². The number of nitrogens with zero attached hydrogens (tertiary/aromatic N) is 2. The van der Waals surface area contributed by atoms with Crippen LogP contribution in [0.5, 0.6) is 0 Å². The van der Waals surface area contributed by atoms with Gasteiger partial charge in [0.1, 0.15) is 4.88 Å². The number of nitrogen functional groups attached to an aromatic ring is 1. The van der Waals surface area contributed by atoms with E-state index in [9.17, 15) is 4.79 Å². The number of thiazole rings is 1. The Morgan fingerprint density at radius 2 is 2.07 bits per heavy atom. The summed E-state index contributed by atoms with van der Waals surface area (Å²) < 4.78 is 0. The lowest BCUT2D eigenvalue weighted by atomic mass is 10.1. The van der Waals surface area contributed by atoms with Crippen LogP contribution in [0.3, 0.4) is 0 Å². The number of aryl methyl sites for hydroxylation is 1. The first kappa shape index (κ1) is 10.4. The number of hydrogen-bond acceptors (Lipinski definition) is 4. The van der Waals surface area contributed by atoms with Crippen LogP contribution in [0.15, 0.2) is 0 Å². The minimum absolute atomic E-state index is 0.0985. The van der Waals surface area contributed by atoms with Crippen LogP contribution in [0.2, 0.25) is 0 Å².